The average Bonchev–Trinajstić information content (AvgIpc) is 2.75. The number of aromatic nitrogens is 2. The lowest BCUT2D eigenvalue weighted by Gasteiger charge is -2.10. The predicted molar refractivity (Wildman–Crippen MR) is 69.9 cm³/mol. The van der Waals surface area contributed by atoms with Gasteiger partial charge < -0.3 is 5.73 Å². The Balaban J connectivity index is 1.92. The SMILES string of the molecule is Cn1ccc(CC(=O)CC(N)c2ccccc2)n1. The number of carbonyl (C=O) groups excluding carboxylic acids is 1. The average molecular weight is 243 g/mol. The minimum Gasteiger partial charge on any atom is -0.324 e. The van der Waals surface area contributed by atoms with E-state index >= 15 is 0 Å². The zero-order valence-corrected chi connectivity index (χ0v) is 10.4. The van der Waals surface area contributed by atoms with Gasteiger partial charge in [-0.1, -0.05) is 30.3 Å². The van der Waals surface area contributed by atoms with Crippen LogP contribution in [0.1, 0.15) is 23.7 Å². The van der Waals surface area contributed by atoms with E-state index in [9.17, 15) is 4.79 Å². The normalized spacial score (nSPS) is 12.3. The van der Waals surface area contributed by atoms with Crippen molar-refractivity contribution in [3.05, 3.63) is 53.9 Å². The lowest BCUT2D eigenvalue weighted by Crippen LogP contribution is -2.16. The highest BCUT2D eigenvalue weighted by molar-refractivity contribution is 5.81. The van der Waals surface area contributed by atoms with Crippen LogP contribution in [0, 0.1) is 0 Å². The first-order valence-corrected chi connectivity index (χ1v) is 5.96. The molecule has 0 aliphatic heterocycles. The molecule has 4 heteroatoms. The maximum Gasteiger partial charge on any atom is 0.140 e. The molecule has 1 heterocycles. The van der Waals surface area contributed by atoms with Crippen LogP contribution in [-0.2, 0) is 18.3 Å². The first-order chi connectivity index (χ1) is 8.65. The molecule has 0 saturated heterocycles. The smallest absolute Gasteiger partial charge is 0.140 e. The fraction of sp³-hybridized carbons (Fsp3) is 0.286. The summed E-state index contributed by atoms with van der Waals surface area (Å²) in [5, 5.41) is 4.19. The maximum absolute atomic E-state index is 11.9. The van der Waals surface area contributed by atoms with E-state index in [2.05, 4.69) is 5.10 Å². The van der Waals surface area contributed by atoms with Gasteiger partial charge in [-0.2, -0.15) is 5.10 Å². The molecule has 2 aromatic rings. The minimum atomic E-state index is -0.234. The zero-order chi connectivity index (χ0) is 13.0. The third kappa shape index (κ3) is 3.28. The molecule has 0 aliphatic rings. The van der Waals surface area contributed by atoms with E-state index in [0.29, 0.717) is 12.8 Å². The molecule has 4 nitrogen and oxygen atoms in total. The largest absolute Gasteiger partial charge is 0.324 e. The Bertz CT molecular complexity index is 519. The number of carbonyl (C=O) groups is 1. The summed E-state index contributed by atoms with van der Waals surface area (Å²) in [5.74, 6) is 0.116. The molecule has 0 bridgehead atoms. The summed E-state index contributed by atoms with van der Waals surface area (Å²) in [4.78, 5) is 11.9. The quantitative estimate of drug-likeness (QED) is 0.868. The molecule has 0 saturated carbocycles. The molecule has 0 radical (unpaired) electrons. The summed E-state index contributed by atoms with van der Waals surface area (Å²) in [5.41, 5.74) is 7.80. The van der Waals surface area contributed by atoms with Crippen molar-refractivity contribution >= 4 is 5.78 Å². The molecule has 2 N–H and O–H groups in total. The van der Waals surface area contributed by atoms with E-state index < -0.39 is 0 Å². The Labute approximate surface area is 106 Å². The Morgan fingerprint density at radius 2 is 2.06 bits per heavy atom. The highest BCUT2D eigenvalue weighted by atomic mass is 16.1. The van der Waals surface area contributed by atoms with Crippen LogP contribution in [-0.4, -0.2) is 15.6 Å². The molecule has 0 amide bonds. The number of Topliss-reactive ketones (excluding diaryl/α,β-unsaturated/α-hetero) is 1. The van der Waals surface area contributed by atoms with E-state index in [4.69, 9.17) is 5.73 Å². The second-order valence-corrected chi connectivity index (χ2v) is 4.42. The van der Waals surface area contributed by atoms with E-state index in [1.807, 2.05) is 49.6 Å². The van der Waals surface area contributed by atoms with Crippen molar-refractivity contribution in [2.24, 2.45) is 12.8 Å². The molecule has 94 valence electrons. The van der Waals surface area contributed by atoms with Gasteiger partial charge in [-0.05, 0) is 11.6 Å². The standard InChI is InChI=1S/C14H17N3O/c1-17-8-7-12(16-17)9-13(18)10-14(15)11-5-3-2-4-6-11/h2-8,14H,9-10,15H2,1H3. The van der Waals surface area contributed by atoms with Crippen molar-refractivity contribution in [1.82, 2.24) is 9.78 Å². The van der Waals surface area contributed by atoms with Gasteiger partial charge in [0.1, 0.15) is 5.78 Å². The highest BCUT2D eigenvalue weighted by Gasteiger charge is 2.12. The fourth-order valence-electron chi connectivity index (χ4n) is 1.90. The summed E-state index contributed by atoms with van der Waals surface area (Å²) in [6.45, 7) is 0. The molecule has 0 aliphatic carbocycles. The topological polar surface area (TPSA) is 60.9 Å². The van der Waals surface area contributed by atoms with Crippen molar-refractivity contribution in [2.45, 2.75) is 18.9 Å². The molecule has 18 heavy (non-hydrogen) atoms. The molecular formula is C14H17N3O. The van der Waals surface area contributed by atoms with Crippen LogP contribution in [0.4, 0.5) is 0 Å². The number of hydrogen-bond donors (Lipinski definition) is 1. The molecule has 1 unspecified atom stereocenters. The van der Waals surface area contributed by atoms with Gasteiger partial charge in [0.25, 0.3) is 0 Å². The van der Waals surface area contributed by atoms with Gasteiger partial charge in [0.15, 0.2) is 0 Å². The highest BCUT2D eigenvalue weighted by Crippen LogP contribution is 2.14. The van der Waals surface area contributed by atoms with Gasteiger partial charge >= 0.3 is 0 Å². The lowest BCUT2D eigenvalue weighted by molar-refractivity contribution is -0.118. The second kappa shape index (κ2) is 5.60. The summed E-state index contributed by atoms with van der Waals surface area (Å²) in [6.07, 6.45) is 2.53. The van der Waals surface area contributed by atoms with E-state index in [0.717, 1.165) is 11.3 Å². The molecular weight excluding hydrogens is 226 g/mol. The number of rotatable bonds is 5. The number of aryl methyl sites for hydroxylation is 1. The van der Waals surface area contributed by atoms with E-state index in [1.165, 1.54) is 0 Å². The number of nitrogens with zero attached hydrogens (tertiary/aromatic N) is 2. The number of benzene rings is 1. The van der Waals surface area contributed by atoms with E-state index in [1.54, 1.807) is 4.68 Å². The molecule has 1 aromatic heterocycles. The molecule has 0 spiro atoms. The Hall–Kier alpha value is -1.94. The number of hydrogen-bond acceptors (Lipinski definition) is 3. The summed E-state index contributed by atoms with van der Waals surface area (Å²) >= 11 is 0. The lowest BCUT2D eigenvalue weighted by atomic mass is 10.0. The molecule has 1 atom stereocenters. The monoisotopic (exact) mass is 243 g/mol. The van der Waals surface area contributed by atoms with Crippen LogP contribution >= 0.6 is 0 Å². The van der Waals surface area contributed by atoms with Crippen LogP contribution in [0.25, 0.3) is 0 Å². The molecule has 1 aromatic carbocycles. The predicted octanol–water partition coefficient (Wildman–Crippen LogP) is 1.62. The molecule has 2 rings (SSSR count). The minimum absolute atomic E-state index is 0.116. The fourth-order valence-corrected chi connectivity index (χ4v) is 1.90. The van der Waals surface area contributed by atoms with Gasteiger partial charge in [-0.3, -0.25) is 9.48 Å². The van der Waals surface area contributed by atoms with Gasteiger partial charge in [0.05, 0.1) is 12.1 Å². The van der Waals surface area contributed by atoms with Crippen LogP contribution in [0.2, 0.25) is 0 Å². The summed E-state index contributed by atoms with van der Waals surface area (Å²) in [6, 6.07) is 11.3. The van der Waals surface area contributed by atoms with Crippen LogP contribution < -0.4 is 5.73 Å². The first kappa shape index (κ1) is 12.5. The Morgan fingerprint density at radius 3 is 2.67 bits per heavy atom. The Morgan fingerprint density at radius 1 is 1.33 bits per heavy atom. The van der Waals surface area contributed by atoms with Crippen molar-refractivity contribution in [2.75, 3.05) is 0 Å². The maximum atomic E-state index is 11.9. The van der Waals surface area contributed by atoms with Crippen LogP contribution in [0.15, 0.2) is 42.6 Å². The summed E-state index contributed by atoms with van der Waals surface area (Å²) in [7, 11) is 1.84. The first-order valence-electron chi connectivity index (χ1n) is 5.96. The third-order valence-electron chi connectivity index (χ3n) is 2.82. The van der Waals surface area contributed by atoms with Gasteiger partial charge in [0, 0.05) is 25.7 Å². The molecule has 0 fully saturated rings. The van der Waals surface area contributed by atoms with Gasteiger partial charge in [-0.15, -0.1) is 0 Å². The van der Waals surface area contributed by atoms with E-state index in [-0.39, 0.29) is 11.8 Å². The third-order valence-corrected chi connectivity index (χ3v) is 2.82. The van der Waals surface area contributed by atoms with Gasteiger partial charge in [-0.25, -0.2) is 0 Å². The second-order valence-electron chi connectivity index (χ2n) is 4.42. The number of ketones is 1. The number of nitrogens with two attached hydrogens (primary N) is 1. The van der Waals surface area contributed by atoms with Gasteiger partial charge in [0.2, 0.25) is 0 Å². The van der Waals surface area contributed by atoms with Crippen molar-refractivity contribution in [3.63, 3.8) is 0 Å². The van der Waals surface area contributed by atoms with Crippen molar-refractivity contribution in [3.8, 4) is 0 Å². The van der Waals surface area contributed by atoms with Crippen molar-refractivity contribution in [1.29, 1.82) is 0 Å². The summed E-state index contributed by atoms with van der Waals surface area (Å²) < 4.78 is 1.69. The zero-order valence-electron chi connectivity index (χ0n) is 10.4. The van der Waals surface area contributed by atoms with Crippen LogP contribution in [0.3, 0.4) is 0 Å². The van der Waals surface area contributed by atoms with Crippen LogP contribution in [0.5, 0.6) is 0 Å². The Kier molecular flexibility index (Phi) is 3.89. The van der Waals surface area contributed by atoms with Crippen molar-refractivity contribution < 1.29 is 4.79 Å².